The lowest BCUT2D eigenvalue weighted by molar-refractivity contribution is -0.123. The van der Waals surface area contributed by atoms with Crippen molar-refractivity contribution in [3.8, 4) is 5.75 Å². The van der Waals surface area contributed by atoms with Gasteiger partial charge in [0.1, 0.15) is 16.7 Å². The molecule has 1 aromatic heterocycles. The molecule has 2 aliphatic rings. The van der Waals surface area contributed by atoms with E-state index in [4.69, 9.17) is 21.7 Å². The maximum absolute atomic E-state index is 13.1. The number of aromatic nitrogens is 1. The van der Waals surface area contributed by atoms with Gasteiger partial charge in [0.15, 0.2) is 0 Å². The molecule has 5 nitrogen and oxygen atoms in total. The van der Waals surface area contributed by atoms with E-state index in [1.807, 2.05) is 36.4 Å². The van der Waals surface area contributed by atoms with E-state index in [1.165, 1.54) is 17.3 Å². The molecule has 0 unspecified atom stereocenters. The Labute approximate surface area is 217 Å². The Hall–Kier alpha value is -2.13. The van der Waals surface area contributed by atoms with Crippen LogP contribution in [0.15, 0.2) is 58.0 Å². The van der Waals surface area contributed by atoms with Crippen LogP contribution in [0, 0.1) is 6.92 Å². The summed E-state index contributed by atoms with van der Waals surface area (Å²) in [5, 5.41) is 1.08. The molecule has 176 valence electrons. The number of fused-ring (bicyclic) bond motifs is 1. The van der Waals surface area contributed by atoms with Crippen LogP contribution in [0.3, 0.4) is 0 Å². The van der Waals surface area contributed by atoms with Crippen molar-refractivity contribution in [1.29, 1.82) is 0 Å². The number of aryl methyl sites for hydroxylation is 1. The van der Waals surface area contributed by atoms with Gasteiger partial charge in [0, 0.05) is 33.7 Å². The summed E-state index contributed by atoms with van der Waals surface area (Å²) < 4.78 is 15.4. The maximum atomic E-state index is 13.1. The molecule has 0 aliphatic carbocycles. The van der Waals surface area contributed by atoms with Gasteiger partial charge in [0.2, 0.25) is 0 Å². The monoisotopic (exact) mass is 556 g/mol. The van der Waals surface area contributed by atoms with Crippen LogP contribution in [0.2, 0.25) is 0 Å². The second-order valence-corrected chi connectivity index (χ2v) is 11.1. The van der Waals surface area contributed by atoms with E-state index in [2.05, 4.69) is 45.8 Å². The fraction of sp³-hybridized carbons (Fsp3) is 0.308. The SMILES string of the molecule is Cc1ccc(OCCn2cc(/C=C3\SC(=S)N(C[C@H]4CCCO4)C3=O)c3cc(Br)ccc32)cc1. The van der Waals surface area contributed by atoms with Gasteiger partial charge in [-0.1, -0.05) is 57.6 Å². The Morgan fingerprint density at radius 2 is 2.09 bits per heavy atom. The van der Waals surface area contributed by atoms with Gasteiger partial charge in [-0.15, -0.1) is 0 Å². The number of halogens is 1. The topological polar surface area (TPSA) is 43.7 Å². The Kier molecular flexibility index (Phi) is 7.11. The normalized spacial score (nSPS) is 19.6. The molecule has 2 aliphatic heterocycles. The zero-order chi connectivity index (χ0) is 23.7. The average Bonchev–Trinajstić information content (AvgIpc) is 3.52. The number of rotatable bonds is 7. The molecule has 2 fully saturated rings. The van der Waals surface area contributed by atoms with Gasteiger partial charge < -0.3 is 14.0 Å². The molecule has 0 N–H and O–H groups in total. The molecule has 5 rings (SSSR count). The maximum Gasteiger partial charge on any atom is 0.266 e. The quantitative estimate of drug-likeness (QED) is 0.257. The van der Waals surface area contributed by atoms with Crippen LogP contribution in [0.1, 0.15) is 24.0 Å². The lowest BCUT2D eigenvalue weighted by Gasteiger charge is -2.18. The molecule has 1 amide bonds. The van der Waals surface area contributed by atoms with E-state index in [9.17, 15) is 4.79 Å². The van der Waals surface area contributed by atoms with Gasteiger partial charge >= 0.3 is 0 Å². The third kappa shape index (κ3) is 5.10. The fourth-order valence-corrected chi connectivity index (χ4v) is 5.91. The molecule has 8 heteroatoms. The van der Waals surface area contributed by atoms with Crippen molar-refractivity contribution in [2.45, 2.75) is 32.4 Å². The fourth-order valence-electron chi connectivity index (χ4n) is 4.28. The van der Waals surface area contributed by atoms with Crippen LogP contribution < -0.4 is 4.74 Å². The van der Waals surface area contributed by atoms with Crippen molar-refractivity contribution in [2.24, 2.45) is 0 Å². The van der Waals surface area contributed by atoms with Gasteiger partial charge in [-0.05, 0) is 56.2 Å². The van der Waals surface area contributed by atoms with Gasteiger partial charge in [-0.2, -0.15) is 0 Å². The molecule has 0 bridgehead atoms. The first kappa shape index (κ1) is 23.6. The summed E-state index contributed by atoms with van der Waals surface area (Å²) in [5.74, 6) is 0.823. The molecule has 0 saturated carbocycles. The highest BCUT2D eigenvalue weighted by Gasteiger charge is 2.34. The molecule has 0 radical (unpaired) electrons. The predicted octanol–water partition coefficient (Wildman–Crippen LogP) is 6.17. The molecule has 0 spiro atoms. The van der Waals surface area contributed by atoms with E-state index in [0.717, 1.165) is 46.1 Å². The highest BCUT2D eigenvalue weighted by atomic mass is 79.9. The summed E-state index contributed by atoms with van der Waals surface area (Å²) in [6, 6.07) is 14.3. The number of carbonyl (C=O) groups is 1. The number of hydrogen-bond acceptors (Lipinski definition) is 5. The molecular formula is C26H25BrN2O3S2. The van der Waals surface area contributed by atoms with Crippen molar-refractivity contribution < 1.29 is 14.3 Å². The van der Waals surface area contributed by atoms with Crippen LogP contribution in [0.25, 0.3) is 17.0 Å². The van der Waals surface area contributed by atoms with Gasteiger partial charge in [-0.25, -0.2) is 0 Å². The minimum Gasteiger partial charge on any atom is -0.492 e. The molecule has 3 aromatic rings. The lowest BCUT2D eigenvalue weighted by Crippen LogP contribution is -2.35. The van der Waals surface area contributed by atoms with Crippen molar-refractivity contribution >= 4 is 67.1 Å². The van der Waals surface area contributed by atoms with Gasteiger partial charge in [0.25, 0.3) is 5.91 Å². The number of thioether (sulfide) groups is 1. The second-order valence-electron chi connectivity index (χ2n) is 8.53. The zero-order valence-corrected chi connectivity index (χ0v) is 22.0. The minimum atomic E-state index is -0.0379. The summed E-state index contributed by atoms with van der Waals surface area (Å²) in [6.45, 7) is 4.60. The average molecular weight is 558 g/mol. The zero-order valence-electron chi connectivity index (χ0n) is 18.8. The first-order chi connectivity index (χ1) is 16.5. The highest BCUT2D eigenvalue weighted by Crippen LogP contribution is 2.35. The van der Waals surface area contributed by atoms with Crippen LogP contribution >= 0.6 is 39.9 Å². The Bertz CT molecular complexity index is 1260. The lowest BCUT2D eigenvalue weighted by atomic mass is 10.1. The van der Waals surface area contributed by atoms with Gasteiger partial charge in [-0.3, -0.25) is 9.69 Å². The van der Waals surface area contributed by atoms with Crippen LogP contribution in [0.4, 0.5) is 0 Å². The second kappa shape index (κ2) is 10.2. The Morgan fingerprint density at radius 3 is 2.85 bits per heavy atom. The van der Waals surface area contributed by atoms with Crippen LogP contribution in [0.5, 0.6) is 5.75 Å². The number of carbonyl (C=O) groups excluding carboxylic acids is 1. The number of ether oxygens (including phenoxy) is 2. The largest absolute Gasteiger partial charge is 0.492 e. The molecule has 2 aromatic carbocycles. The third-order valence-electron chi connectivity index (χ3n) is 6.07. The number of nitrogens with zero attached hydrogens (tertiary/aromatic N) is 2. The molecule has 1 atom stereocenters. The Morgan fingerprint density at radius 1 is 1.26 bits per heavy atom. The van der Waals surface area contributed by atoms with Crippen LogP contribution in [-0.2, 0) is 16.1 Å². The first-order valence-corrected chi connectivity index (χ1v) is 13.3. The smallest absolute Gasteiger partial charge is 0.266 e. The highest BCUT2D eigenvalue weighted by molar-refractivity contribution is 9.10. The molecule has 3 heterocycles. The summed E-state index contributed by atoms with van der Waals surface area (Å²) in [7, 11) is 0. The Balaban J connectivity index is 1.37. The van der Waals surface area contributed by atoms with Crippen molar-refractivity contribution in [3.63, 3.8) is 0 Å². The summed E-state index contributed by atoms with van der Waals surface area (Å²) >= 11 is 10.5. The summed E-state index contributed by atoms with van der Waals surface area (Å²) in [6.07, 6.45) is 6.14. The summed E-state index contributed by atoms with van der Waals surface area (Å²) in [4.78, 5) is 15.5. The molecule has 34 heavy (non-hydrogen) atoms. The predicted molar refractivity (Wildman–Crippen MR) is 145 cm³/mol. The number of thiocarbonyl (C=S) groups is 1. The minimum absolute atomic E-state index is 0.0379. The van der Waals surface area contributed by atoms with Crippen LogP contribution in [-0.4, -0.2) is 45.6 Å². The third-order valence-corrected chi connectivity index (χ3v) is 7.94. The van der Waals surface area contributed by atoms with Gasteiger partial charge in [0.05, 0.1) is 24.1 Å². The van der Waals surface area contributed by atoms with E-state index in [0.29, 0.717) is 28.9 Å². The van der Waals surface area contributed by atoms with E-state index >= 15 is 0 Å². The van der Waals surface area contributed by atoms with E-state index < -0.39 is 0 Å². The summed E-state index contributed by atoms with van der Waals surface area (Å²) in [5.41, 5.74) is 3.29. The van der Waals surface area contributed by atoms with Crippen molar-refractivity contribution in [2.75, 3.05) is 19.8 Å². The van der Waals surface area contributed by atoms with Crippen molar-refractivity contribution in [1.82, 2.24) is 9.47 Å². The first-order valence-electron chi connectivity index (χ1n) is 11.3. The number of amides is 1. The standard InChI is InChI=1S/C26H25BrN2O3S2/c1-17-4-7-20(8-5-17)32-12-10-28-15-18(22-14-19(27)6-9-23(22)28)13-24-25(30)29(26(33)34-24)16-21-3-2-11-31-21/h4-9,13-15,21H,2-3,10-12,16H2,1H3/b24-13-/t21-/m1/s1. The molecular weight excluding hydrogens is 532 g/mol. The number of benzene rings is 2. The number of hydrogen-bond donors (Lipinski definition) is 0. The van der Waals surface area contributed by atoms with E-state index in [1.54, 1.807) is 4.90 Å². The van der Waals surface area contributed by atoms with Crippen molar-refractivity contribution in [3.05, 3.63) is 69.2 Å². The molecule has 2 saturated heterocycles. The van der Waals surface area contributed by atoms with E-state index in [-0.39, 0.29) is 12.0 Å².